The molecule has 10 heteroatoms. The van der Waals surface area contributed by atoms with Crippen LogP contribution in [0.4, 0.5) is 10.5 Å². The maximum absolute atomic E-state index is 12.9. The van der Waals surface area contributed by atoms with Gasteiger partial charge in [0, 0.05) is 36.7 Å². The third-order valence-electron chi connectivity index (χ3n) is 5.83. The second-order valence-corrected chi connectivity index (χ2v) is 11.1. The molecule has 8 nitrogen and oxygen atoms in total. The van der Waals surface area contributed by atoms with E-state index in [9.17, 15) is 18.0 Å². The second kappa shape index (κ2) is 9.50. The molecular formula is C22H27N3O5S2. The molecule has 2 saturated heterocycles. The lowest BCUT2D eigenvalue weighted by atomic mass is 10.2. The van der Waals surface area contributed by atoms with E-state index in [-0.39, 0.29) is 30.8 Å². The predicted molar refractivity (Wildman–Crippen MR) is 124 cm³/mol. The van der Waals surface area contributed by atoms with Crippen LogP contribution < -0.4 is 9.64 Å². The Morgan fingerprint density at radius 2 is 1.91 bits per heavy atom. The van der Waals surface area contributed by atoms with Gasteiger partial charge in [-0.2, -0.15) is 0 Å². The van der Waals surface area contributed by atoms with Gasteiger partial charge in [-0.25, -0.2) is 13.2 Å². The zero-order valence-electron chi connectivity index (χ0n) is 18.0. The van der Waals surface area contributed by atoms with Crippen molar-refractivity contribution in [2.75, 3.05) is 50.0 Å². The molecular weight excluding hydrogens is 450 g/mol. The number of ether oxygens (including phenoxy) is 1. The number of benzene rings is 1. The van der Waals surface area contributed by atoms with Crippen molar-refractivity contribution in [2.24, 2.45) is 0 Å². The van der Waals surface area contributed by atoms with Crippen molar-refractivity contribution in [3.8, 4) is 5.75 Å². The van der Waals surface area contributed by atoms with Crippen LogP contribution in [0.1, 0.15) is 23.5 Å². The number of hydrogen-bond donors (Lipinski definition) is 0. The average Bonchev–Trinajstić information content (AvgIpc) is 3.38. The summed E-state index contributed by atoms with van der Waals surface area (Å²) in [7, 11) is -3.32. The summed E-state index contributed by atoms with van der Waals surface area (Å²) in [5.41, 5.74) is 0.757. The first-order valence-corrected chi connectivity index (χ1v) is 13.3. The third kappa shape index (κ3) is 4.75. The zero-order valence-corrected chi connectivity index (χ0v) is 19.6. The highest BCUT2D eigenvalue weighted by Crippen LogP contribution is 2.32. The van der Waals surface area contributed by atoms with Crippen LogP contribution in [0, 0.1) is 0 Å². The minimum Gasteiger partial charge on any atom is -0.494 e. The first-order chi connectivity index (χ1) is 15.4. The molecule has 4 rings (SSSR count). The Morgan fingerprint density at radius 1 is 1.12 bits per heavy atom. The van der Waals surface area contributed by atoms with Gasteiger partial charge in [-0.1, -0.05) is 6.07 Å². The molecule has 0 saturated carbocycles. The van der Waals surface area contributed by atoms with Crippen molar-refractivity contribution in [1.82, 2.24) is 9.80 Å². The molecule has 1 atom stereocenters. The molecule has 172 valence electrons. The number of nitrogens with zero attached hydrogens (tertiary/aromatic N) is 3. The number of amides is 3. The van der Waals surface area contributed by atoms with Crippen molar-refractivity contribution < 1.29 is 22.7 Å². The molecule has 2 fully saturated rings. The molecule has 2 aliphatic heterocycles. The van der Waals surface area contributed by atoms with Gasteiger partial charge in [-0.3, -0.25) is 9.69 Å². The maximum Gasteiger partial charge on any atom is 0.325 e. The van der Waals surface area contributed by atoms with Gasteiger partial charge < -0.3 is 14.5 Å². The van der Waals surface area contributed by atoms with Crippen molar-refractivity contribution in [3.05, 3.63) is 46.7 Å². The van der Waals surface area contributed by atoms with E-state index in [2.05, 4.69) is 0 Å². The molecule has 2 aromatic rings. The van der Waals surface area contributed by atoms with Crippen LogP contribution in [0.3, 0.4) is 0 Å². The standard InChI is InChI=1S/C22H27N3O5S2/c1-2-30-18-7-5-17(6-8-18)25-12-11-24(22(25)27)16-21(26)23-10-9-20(19-4-3-14-31-19)32(28,29)15-13-23/h3-8,14,20H,2,9-13,15-16H2,1H3. The van der Waals surface area contributed by atoms with Gasteiger partial charge in [0.2, 0.25) is 5.91 Å². The van der Waals surface area contributed by atoms with Gasteiger partial charge in [0.25, 0.3) is 0 Å². The zero-order chi connectivity index (χ0) is 22.7. The van der Waals surface area contributed by atoms with E-state index in [0.717, 1.165) is 16.3 Å². The van der Waals surface area contributed by atoms with Crippen molar-refractivity contribution in [2.45, 2.75) is 18.6 Å². The molecule has 1 aromatic heterocycles. The summed E-state index contributed by atoms with van der Waals surface area (Å²) in [5, 5.41) is 1.30. The van der Waals surface area contributed by atoms with Crippen LogP contribution in [0.15, 0.2) is 41.8 Å². The van der Waals surface area contributed by atoms with Crippen LogP contribution in [0.2, 0.25) is 0 Å². The number of carbonyl (C=O) groups is 2. The number of urea groups is 1. The number of thiophene rings is 1. The Morgan fingerprint density at radius 3 is 2.59 bits per heavy atom. The minimum atomic E-state index is -3.32. The van der Waals surface area contributed by atoms with E-state index in [1.807, 2.05) is 48.7 Å². The SMILES string of the molecule is CCOc1ccc(N2CCN(CC(=O)N3CCC(c4cccs4)S(=O)(=O)CC3)C2=O)cc1. The van der Waals surface area contributed by atoms with Crippen molar-refractivity contribution in [1.29, 1.82) is 0 Å². The van der Waals surface area contributed by atoms with Crippen LogP contribution in [-0.4, -0.2) is 75.2 Å². The molecule has 0 N–H and O–H groups in total. The van der Waals surface area contributed by atoms with E-state index < -0.39 is 15.1 Å². The van der Waals surface area contributed by atoms with Crippen LogP contribution in [0.25, 0.3) is 0 Å². The number of rotatable bonds is 6. The van der Waals surface area contributed by atoms with Gasteiger partial charge in [0.05, 0.1) is 17.6 Å². The van der Waals surface area contributed by atoms with E-state index in [1.54, 1.807) is 9.80 Å². The summed E-state index contributed by atoms with van der Waals surface area (Å²) in [5.74, 6) is 0.467. The number of carbonyl (C=O) groups excluding carboxylic acids is 2. The highest BCUT2D eigenvalue weighted by atomic mass is 32.2. The molecule has 1 aromatic carbocycles. The Hall–Kier alpha value is -2.59. The van der Waals surface area contributed by atoms with E-state index >= 15 is 0 Å². The molecule has 0 bridgehead atoms. The average molecular weight is 478 g/mol. The van der Waals surface area contributed by atoms with Crippen LogP contribution in [0.5, 0.6) is 5.75 Å². The molecule has 32 heavy (non-hydrogen) atoms. The number of hydrogen-bond acceptors (Lipinski definition) is 6. The summed E-state index contributed by atoms with van der Waals surface area (Å²) < 4.78 is 30.9. The molecule has 0 radical (unpaired) electrons. The fraction of sp³-hybridized carbons (Fsp3) is 0.455. The summed E-state index contributed by atoms with van der Waals surface area (Å²) in [4.78, 5) is 31.4. The quantitative estimate of drug-likeness (QED) is 0.639. The number of anilines is 1. The fourth-order valence-electron chi connectivity index (χ4n) is 4.11. The lowest BCUT2D eigenvalue weighted by molar-refractivity contribution is -0.131. The topological polar surface area (TPSA) is 87.2 Å². The lowest BCUT2D eigenvalue weighted by Crippen LogP contribution is -2.43. The third-order valence-corrected chi connectivity index (χ3v) is 9.08. The van der Waals surface area contributed by atoms with Crippen LogP contribution >= 0.6 is 11.3 Å². The van der Waals surface area contributed by atoms with Gasteiger partial charge in [0.15, 0.2) is 9.84 Å². The molecule has 2 aliphatic rings. The largest absolute Gasteiger partial charge is 0.494 e. The highest BCUT2D eigenvalue weighted by molar-refractivity contribution is 7.91. The monoisotopic (exact) mass is 477 g/mol. The minimum absolute atomic E-state index is 0.0456. The first kappa shape index (κ1) is 22.6. The highest BCUT2D eigenvalue weighted by Gasteiger charge is 2.35. The van der Waals surface area contributed by atoms with Crippen molar-refractivity contribution >= 4 is 38.8 Å². The van der Waals surface area contributed by atoms with Crippen LogP contribution in [-0.2, 0) is 14.6 Å². The molecule has 3 heterocycles. The second-order valence-electron chi connectivity index (χ2n) is 7.82. The first-order valence-electron chi connectivity index (χ1n) is 10.7. The normalized spacial score (nSPS) is 21.0. The van der Waals surface area contributed by atoms with Gasteiger partial charge in [0.1, 0.15) is 12.3 Å². The predicted octanol–water partition coefficient (Wildman–Crippen LogP) is 2.78. The Bertz CT molecular complexity index is 1050. The van der Waals surface area contributed by atoms with E-state index in [1.165, 1.54) is 16.2 Å². The molecule has 0 spiro atoms. The summed E-state index contributed by atoms with van der Waals surface area (Å²) >= 11 is 1.43. The summed E-state index contributed by atoms with van der Waals surface area (Å²) in [6.45, 7) is 3.91. The smallest absolute Gasteiger partial charge is 0.325 e. The van der Waals surface area contributed by atoms with E-state index in [0.29, 0.717) is 32.7 Å². The van der Waals surface area contributed by atoms with Gasteiger partial charge >= 0.3 is 6.03 Å². The number of sulfone groups is 1. The molecule has 0 aliphatic carbocycles. The van der Waals surface area contributed by atoms with Gasteiger partial charge in [-0.05, 0) is 49.1 Å². The van der Waals surface area contributed by atoms with Gasteiger partial charge in [-0.15, -0.1) is 11.3 Å². The lowest BCUT2D eigenvalue weighted by Gasteiger charge is -2.24. The molecule has 3 amide bonds. The fourth-order valence-corrected chi connectivity index (χ4v) is 7.11. The van der Waals surface area contributed by atoms with Crippen molar-refractivity contribution in [3.63, 3.8) is 0 Å². The summed E-state index contributed by atoms with van der Waals surface area (Å²) in [6, 6.07) is 10.8. The summed E-state index contributed by atoms with van der Waals surface area (Å²) in [6.07, 6.45) is 0.376. The van der Waals surface area contributed by atoms with E-state index in [4.69, 9.17) is 4.74 Å². The Balaban J connectivity index is 1.37. The Labute approximate surface area is 192 Å². The Kier molecular flexibility index (Phi) is 6.71. The molecule has 1 unspecified atom stereocenters. The maximum atomic E-state index is 12.9.